The first-order valence-electron chi connectivity index (χ1n) is 11.7. The fourth-order valence-corrected chi connectivity index (χ4v) is 4.12. The van der Waals surface area contributed by atoms with Crippen molar-refractivity contribution in [2.45, 2.75) is 39.3 Å². The van der Waals surface area contributed by atoms with Crippen LogP contribution in [0, 0.1) is 0 Å². The quantitative estimate of drug-likeness (QED) is 0.176. The van der Waals surface area contributed by atoms with Gasteiger partial charge in [-0.15, -0.1) is 24.0 Å². The average Bonchev–Trinajstić information content (AvgIpc) is 3.51. The molecule has 0 fully saturated rings. The van der Waals surface area contributed by atoms with Gasteiger partial charge in [-0.3, -0.25) is 9.48 Å². The van der Waals surface area contributed by atoms with E-state index in [2.05, 4.69) is 40.9 Å². The van der Waals surface area contributed by atoms with E-state index in [1.807, 2.05) is 52.2 Å². The Balaban J connectivity index is 0.00000324. The summed E-state index contributed by atoms with van der Waals surface area (Å²) in [5.74, 6) is 0.960. The van der Waals surface area contributed by atoms with Crippen molar-refractivity contribution in [2.24, 2.45) is 4.99 Å². The minimum absolute atomic E-state index is 0. The van der Waals surface area contributed by atoms with Gasteiger partial charge in [-0.25, -0.2) is 4.99 Å². The maximum Gasteiger partial charge on any atom is 0.227 e. The van der Waals surface area contributed by atoms with Crippen LogP contribution >= 0.6 is 24.0 Å². The summed E-state index contributed by atoms with van der Waals surface area (Å²) >= 11 is 0. The highest BCUT2D eigenvalue weighted by Gasteiger charge is 2.23. The Morgan fingerprint density at radius 3 is 2.65 bits per heavy atom. The van der Waals surface area contributed by atoms with Gasteiger partial charge in [0, 0.05) is 44.1 Å². The SMILES string of the molecule is CCNC(=NCc1ccccc1Cn1cccn1)NCCCC(=O)N1CCc2ccccc21.I. The number of carbonyl (C=O) groups is 1. The van der Waals surface area contributed by atoms with Crippen molar-refractivity contribution >= 4 is 41.5 Å². The van der Waals surface area contributed by atoms with E-state index in [4.69, 9.17) is 4.99 Å². The van der Waals surface area contributed by atoms with Gasteiger partial charge >= 0.3 is 0 Å². The van der Waals surface area contributed by atoms with E-state index in [-0.39, 0.29) is 29.9 Å². The number of anilines is 1. The molecule has 0 saturated heterocycles. The Morgan fingerprint density at radius 1 is 1.06 bits per heavy atom. The third kappa shape index (κ3) is 6.82. The molecule has 0 spiro atoms. The van der Waals surface area contributed by atoms with Crippen molar-refractivity contribution in [3.63, 3.8) is 0 Å². The van der Waals surface area contributed by atoms with E-state index in [0.717, 1.165) is 44.1 Å². The summed E-state index contributed by atoms with van der Waals surface area (Å²) in [7, 11) is 0. The molecule has 1 amide bonds. The lowest BCUT2D eigenvalue weighted by Crippen LogP contribution is -2.38. The standard InChI is InChI=1S/C26H32N6O.HI/c1-2-27-26(29-19-22-10-3-4-11-23(22)20-31-17-8-16-30-31)28-15-7-13-25(33)32-18-14-21-9-5-6-12-24(21)32;/h3-6,8-12,16-17H,2,7,13-15,18-20H2,1H3,(H2,27,28,29);1H. The van der Waals surface area contributed by atoms with E-state index >= 15 is 0 Å². The van der Waals surface area contributed by atoms with Gasteiger partial charge in [-0.1, -0.05) is 42.5 Å². The van der Waals surface area contributed by atoms with Crippen molar-refractivity contribution in [1.82, 2.24) is 20.4 Å². The first kappa shape index (κ1) is 25.7. The number of nitrogens with zero attached hydrogens (tertiary/aromatic N) is 4. The zero-order chi connectivity index (χ0) is 22.9. The Hall–Kier alpha value is -2.88. The molecule has 3 aromatic rings. The first-order valence-corrected chi connectivity index (χ1v) is 11.7. The largest absolute Gasteiger partial charge is 0.357 e. The Bertz CT molecular complexity index is 1080. The molecule has 2 aromatic carbocycles. The molecule has 7 nitrogen and oxygen atoms in total. The van der Waals surface area contributed by atoms with Crippen LogP contribution in [0.15, 0.2) is 72.0 Å². The fourth-order valence-electron chi connectivity index (χ4n) is 4.12. The van der Waals surface area contributed by atoms with E-state index < -0.39 is 0 Å². The number of aliphatic imine (C=N–C) groups is 1. The summed E-state index contributed by atoms with van der Waals surface area (Å²) in [5, 5.41) is 11.0. The Labute approximate surface area is 218 Å². The third-order valence-electron chi connectivity index (χ3n) is 5.81. The molecule has 0 aliphatic carbocycles. The molecule has 8 heteroatoms. The van der Waals surface area contributed by atoms with Gasteiger partial charge in [-0.2, -0.15) is 5.10 Å². The molecule has 2 N–H and O–H groups in total. The normalized spacial score (nSPS) is 12.7. The summed E-state index contributed by atoms with van der Waals surface area (Å²) < 4.78 is 1.92. The molecule has 0 unspecified atom stereocenters. The molecule has 2 heterocycles. The van der Waals surface area contributed by atoms with Crippen molar-refractivity contribution in [1.29, 1.82) is 0 Å². The molecule has 0 bridgehead atoms. The van der Waals surface area contributed by atoms with Gasteiger partial charge in [0.1, 0.15) is 0 Å². The number of hydrogen-bond acceptors (Lipinski definition) is 3. The van der Waals surface area contributed by atoms with Gasteiger partial charge in [0.15, 0.2) is 5.96 Å². The molecule has 1 aliphatic rings. The van der Waals surface area contributed by atoms with Crippen LogP contribution in [0.2, 0.25) is 0 Å². The van der Waals surface area contributed by atoms with E-state index in [1.165, 1.54) is 16.7 Å². The summed E-state index contributed by atoms with van der Waals surface area (Å²) in [5.41, 5.74) is 4.71. The number of halogens is 1. The number of rotatable bonds is 9. The summed E-state index contributed by atoms with van der Waals surface area (Å²) in [4.78, 5) is 19.4. The number of hydrogen-bond donors (Lipinski definition) is 2. The van der Waals surface area contributed by atoms with Crippen LogP contribution in [0.5, 0.6) is 0 Å². The van der Waals surface area contributed by atoms with Gasteiger partial charge in [0.2, 0.25) is 5.91 Å². The van der Waals surface area contributed by atoms with Crippen LogP contribution in [0.3, 0.4) is 0 Å². The van der Waals surface area contributed by atoms with Crippen molar-refractivity contribution in [3.05, 3.63) is 83.7 Å². The average molecular weight is 572 g/mol. The van der Waals surface area contributed by atoms with E-state index in [1.54, 1.807) is 6.20 Å². The second kappa shape index (κ2) is 13.1. The highest BCUT2D eigenvalue weighted by Crippen LogP contribution is 2.27. The highest BCUT2D eigenvalue weighted by atomic mass is 127. The Morgan fingerprint density at radius 2 is 1.85 bits per heavy atom. The summed E-state index contributed by atoms with van der Waals surface area (Å²) in [6, 6.07) is 18.4. The molecular weight excluding hydrogens is 539 g/mol. The highest BCUT2D eigenvalue weighted by molar-refractivity contribution is 14.0. The second-order valence-corrected chi connectivity index (χ2v) is 8.12. The lowest BCUT2D eigenvalue weighted by atomic mass is 10.1. The van der Waals surface area contributed by atoms with Gasteiger partial charge < -0.3 is 15.5 Å². The minimum atomic E-state index is 0. The summed E-state index contributed by atoms with van der Waals surface area (Å²) in [6.07, 6.45) is 5.99. The number of aromatic nitrogens is 2. The molecule has 0 saturated carbocycles. The van der Waals surface area contributed by atoms with Gasteiger partial charge in [-0.05, 0) is 48.6 Å². The monoisotopic (exact) mass is 572 g/mol. The molecule has 0 atom stereocenters. The van der Waals surface area contributed by atoms with Crippen LogP contribution in [0.25, 0.3) is 0 Å². The third-order valence-corrected chi connectivity index (χ3v) is 5.81. The van der Waals surface area contributed by atoms with E-state index in [0.29, 0.717) is 19.5 Å². The lowest BCUT2D eigenvalue weighted by Gasteiger charge is -2.17. The van der Waals surface area contributed by atoms with Crippen LogP contribution in [0.1, 0.15) is 36.5 Å². The van der Waals surface area contributed by atoms with Gasteiger partial charge in [0.05, 0.1) is 13.1 Å². The second-order valence-electron chi connectivity index (χ2n) is 8.12. The number of carbonyl (C=O) groups excluding carboxylic acids is 1. The molecule has 0 radical (unpaired) electrons. The predicted octanol–water partition coefficient (Wildman–Crippen LogP) is 3.97. The fraction of sp³-hybridized carbons (Fsp3) is 0.346. The number of benzene rings is 2. The minimum Gasteiger partial charge on any atom is -0.357 e. The predicted molar refractivity (Wildman–Crippen MR) is 148 cm³/mol. The number of para-hydroxylation sites is 1. The molecule has 4 rings (SSSR count). The molecule has 1 aromatic heterocycles. The topological polar surface area (TPSA) is 74.5 Å². The van der Waals surface area contributed by atoms with Crippen LogP contribution in [-0.2, 0) is 24.3 Å². The molecule has 1 aliphatic heterocycles. The number of fused-ring (bicyclic) bond motifs is 1. The smallest absolute Gasteiger partial charge is 0.227 e. The van der Waals surface area contributed by atoms with Crippen molar-refractivity contribution in [2.75, 3.05) is 24.5 Å². The van der Waals surface area contributed by atoms with Gasteiger partial charge in [0.25, 0.3) is 0 Å². The molecular formula is C26H33IN6O. The van der Waals surface area contributed by atoms with E-state index in [9.17, 15) is 4.79 Å². The van der Waals surface area contributed by atoms with Crippen LogP contribution in [-0.4, -0.2) is 41.3 Å². The van der Waals surface area contributed by atoms with Crippen molar-refractivity contribution in [3.8, 4) is 0 Å². The lowest BCUT2D eigenvalue weighted by molar-refractivity contribution is -0.118. The van der Waals surface area contributed by atoms with Crippen LogP contribution < -0.4 is 15.5 Å². The van der Waals surface area contributed by atoms with Crippen LogP contribution in [0.4, 0.5) is 5.69 Å². The molecule has 180 valence electrons. The zero-order valence-electron chi connectivity index (χ0n) is 19.6. The zero-order valence-corrected chi connectivity index (χ0v) is 21.9. The number of nitrogens with one attached hydrogen (secondary N) is 2. The maximum absolute atomic E-state index is 12.7. The van der Waals surface area contributed by atoms with Crippen molar-refractivity contribution < 1.29 is 4.79 Å². The maximum atomic E-state index is 12.7. The number of guanidine groups is 1. The number of amides is 1. The molecule has 34 heavy (non-hydrogen) atoms. The first-order chi connectivity index (χ1) is 16.2. The summed E-state index contributed by atoms with van der Waals surface area (Å²) in [6.45, 7) is 5.62. The Kier molecular flexibility index (Phi) is 9.93.